The van der Waals surface area contributed by atoms with Crippen molar-refractivity contribution in [1.29, 1.82) is 0 Å². The molecule has 0 aromatic heterocycles. The molecule has 1 unspecified atom stereocenters. The van der Waals surface area contributed by atoms with Crippen molar-refractivity contribution in [3.63, 3.8) is 0 Å². The van der Waals surface area contributed by atoms with Crippen LogP contribution in [0.3, 0.4) is 0 Å². The molecule has 0 heterocycles. The van der Waals surface area contributed by atoms with Gasteiger partial charge in [0.15, 0.2) is 0 Å². The van der Waals surface area contributed by atoms with E-state index in [0.717, 1.165) is 51.4 Å². The number of aliphatic carboxylic acids is 1. The van der Waals surface area contributed by atoms with E-state index in [1.54, 1.807) is 4.90 Å². The van der Waals surface area contributed by atoms with Gasteiger partial charge >= 0.3 is 12.1 Å². The van der Waals surface area contributed by atoms with Crippen molar-refractivity contribution < 1.29 is 24.5 Å². The average Bonchev–Trinajstić information content (AvgIpc) is 2.48. The van der Waals surface area contributed by atoms with E-state index in [-0.39, 0.29) is 31.7 Å². The average molecular weight is 360 g/mol. The van der Waals surface area contributed by atoms with Crippen molar-refractivity contribution >= 4 is 12.1 Å². The highest BCUT2D eigenvalue weighted by molar-refractivity contribution is 5.68. The summed E-state index contributed by atoms with van der Waals surface area (Å²) in [6.07, 6.45) is 7.29. The first-order valence-electron chi connectivity index (χ1n) is 9.53. The maximum atomic E-state index is 12.4. The van der Waals surface area contributed by atoms with Crippen LogP contribution >= 0.6 is 0 Å². The number of ether oxygens (including phenoxy) is 1. The zero-order valence-corrected chi connectivity index (χ0v) is 16.4. The van der Waals surface area contributed by atoms with Crippen molar-refractivity contribution in [3.8, 4) is 0 Å². The Hall–Kier alpha value is -1.30. The number of carboxylic acid groups (broad SMARTS) is 1. The smallest absolute Gasteiger partial charge is 0.410 e. The van der Waals surface area contributed by atoms with Gasteiger partial charge < -0.3 is 19.8 Å². The van der Waals surface area contributed by atoms with Gasteiger partial charge in [0, 0.05) is 19.0 Å². The maximum absolute atomic E-state index is 12.4. The zero-order valence-electron chi connectivity index (χ0n) is 16.4. The molecule has 0 aliphatic rings. The lowest BCUT2D eigenvalue weighted by Gasteiger charge is -2.33. The Kier molecular flexibility index (Phi) is 12.3. The van der Waals surface area contributed by atoms with Gasteiger partial charge in [-0.05, 0) is 40.0 Å². The minimum atomic E-state index is -0.736. The predicted octanol–water partition coefficient (Wildman–Crippen LogP) is 4.20. The summed E-state index contributed by atoms with van der Waals surface area (Å²) >= 11 is 0. The van der Waals surface area contributed by atoms with Crippen LogP contribution in [-0.4, -0.2) is 52.0 Å². The number of unbranched alkanes of at least 4 members (excludes halogenated alkanes) is 4. The standard InChI is InChI=1S/C19H37NO5/c1-5-11-16(12-9-7-6-8-10-13-17(22)23)20(14-15-21)18(24)25-19(2,3)4/h16,21H,5-15H2,1-4H3,(H,22,23). The van der Waals surface area contributed by atoms with Crippen LogP contribution in [0.25, 0.3) is 0 Å². The van der Waals surface area contributed by atoms with Crippen LogP contribution in [0.2, 0.25) is 0 Å². The molecule has 25 heavy (non-hydrogen) atoms. The summed E-state index contributed by atoms with van der Waals surface area (Å²) in [6, 6.07) is 0.0750. The van der Waals surface area contributed by atoms with Gasteiger partial charge in [-0.1, -0.05) is 39.0 Å². The van der Waals surface area contributed by atoms with E-state index in [0.29, 0.717) is 0 Å². The second-order valence-corrected chi connectivity index (χ2v) is 7.54. The second-order valence-electron chi connectivity index (χ2n) is 7.54. The Morgan fingerprint density at radius 1 is 1.04 bits per heavy atom. The molecule has 0 aliphatic carbocycles. The van der Waals surface area contributed by atoms with Crippen LogP contribution in [-0.2, 0) is 9.53 Å². The van der Waals surface area contributed by atoms with E-state index in [9.17, 15) is 14.7 Å². The van der Waals surface area contributed by atoms with E-state index >= 15 is 0 Å². The molecule has 0 saturated heterocycles. The normalized spacial score (nSPS) is 12.7. The van der Waals surface area contributed by atoms with Gasteiger partial charge in [0.25, 0.3) is 0 Å². The van der Waals surface area contributed by atoms with Crippen LogP contribution < -0.4 is 0 Å². The van der Waals surface area contributed by atoms with Crippen molar-refractivity contribution in [3.05, 3.63) is 0 Å². The SMILES string of the molecule is CCCC(CCCCCCCC(=O)O)N(CCO)C(=O)OC(C)(C)C. The molecule has 0 saturated carbocycles. The van der Waals surface area contributed by atoms with Gasteiger partial charge in [0.1, 0.15) is 5.60 Å². The third-order valence-electron chi connectivity index (χ3n) is 3.96. The van der Waals surface area contributed by atoms with E-state index in [4.69, 9.17) is 9.84 Å². The van der Waals surface area contributed by atoms with Gasteiger partial charge in [-0.15, -0.1) is 0 Å². The Morgan fingerprint density at radius 2 is 1.64 bits per heavy atom. The molecule has 148 valence electrons. The second kappa shape index (κ2) is 13.0. The molecule has 0 aromatic rings. The summed E-state index contributed by atoms with van der Waals surface area (Å²) in [5.41, 5.74) is -0.550. The van der Waals surface area contributed by atoms with Crippen LogP contribution in [0.5, 0.6) is 0 Å². The Balaban J connectivity index is 4.43. The highest BCUT2D eigenvalue weighted by atomic mass is 16.6. The minimum Gasteiger partial charge on any atom is -0.481 e. The van der Waals surface area contributed by atoms with Gasteiger partial charge in [-0.25, -0.2) is 4.79 Å². The molecule has 0 aromatic carbocycles. The number of carboxylic acids is 1. The molecule has 1 atom stereocenters. The third kappa shape index (κ3) is 12.7. The fourth-order valence-electron chi connectivity index (χ4n) is 2.83. The number of aliphatic hydroxyl groups is 1. The lowest BCUT2D eigenvalue weighted by atomic mass is 10.0. The van der Waals surface area contributed by atoms with Crippen LogP contribution in [0.1, 0.15) is 85.5 Å². The van der Waals surface area contributed by atoms with Gasteiger partial charge in [0.2, 0.25) is 0 Å². The topological polar surface area (TPSA) is 87.1 Å². The number of hydrogen-bond donors (Lipinski definition) is 2. The lowest BCUT2D eigenvalue weighted by molar-refractivity contribution is -0.137. The monoisotopic (exact) mass is 359 g/mol. The van der Waals surface area contributed by atoms with Gasteiger partial charge in [-0.2, -0.15) is 0 Å². The summed E-state index contributed by atoms with van der Waals surface area (Å²) in [5.74, 6) is -0.736. The Bertz CT molecular complexity index is 379. The van der Waals surface area contributed by atoms with E-state index < -0.39 is 11.6 Å². The van der Waals surface area contributed by atoms with Crippen molar-refractivity contribution in [2.75, 3.05) is 13.2 Å². The van der Waals surface area contributed by atoms with Crippen molar-refractivity contribution in [2.45, 2.75) is 97.1 Å². The first kappa shape index (κ1) is 23.7. The third-order valence-corrected chi connectivity index (χ3v) is 3.96. The molecule has 0 fully saturated rings. The summed E-state index contributed by atoms with van der Waals surface area (Å²) < 4.78 is 5.48. The highest BCUT2D eigenvalue weighted by Crippen LogP contribution is 2.19. The summed E-state index contributed by atoms with van der Waals surface area (Å²) in [6.45, 7) is 7.83. The van der Waals surface area contributed by atoms with E-state index in [2.05, 4.69) is 6.92 Å². The molecule has 6 heteroatoms. The molecule has 0 spiro atoms. The lowest BCUT2D eigenvalue weighted by Crippen LogP contribution is -2.44. The van der Waals surface area contributed by atoms with Gasteiger partial charge in [0.05, 0.1) is 6.61 Å². The summed E-state index contributed by atoms with van der Waals surface area (Å²) in [4.78, 5) is 24.6. The molecule has 0 radical (unpaired) electrons. The number of amides is 1. The fourth-order valence-corrected chi connectivity index (χ4v) is 2.83. The number of nitrogens with zero attached hydrogens (tertiary/aromatic N) is 1. The molecule has 0 bridgehead atoms. The first-order valence-corrected chi connectivity index (χ1v) is 9.53. The van der Waals surface area contributed by atoms with Crippen molar-refractivity contribution in [2.24, 2.45) is 0 Å². The Morgan fingerprint density at radius 3 is 2.16 bits per heavy atom. The molecule has 1 amide bonds. The molecule has 6 nitrogen and oxygen atoms in total. The number of carbonyl (C=O) groups excluding carboxylic acids is 1. The molecule has 2 N–H and O–H groups in total. The minimum absolute atomic E-state index is 0.0748. The molecular formula is C19H37NO5. The van der Waals surface area contributed by atoms with Gasteiger partial charge in [-0.3, -0.25) is 4.79 Å². The Labute approximate surface area is 152 Å². The maximum Gasteiger partial charge on any atom is 0.410 e. The first-order chi connectivity index (χ1) is 11.7. The largest absolute Gasteiger partial charge is 0.481 e. The van der Waals surface area contributed by atoms with E-state index in [1.807, 2.05) is 20.8 Å². The van der Waals surface area contributed by atoms with Crippen LogP contribution in [0.15, 0.2) is 0 Å². The molecule has 0 aliphatic heterocycles. The van der Waals surface area contributed by atoms with Crippen LogP contribution in [0, 0.1) is 0 Å². The molecule has 0 rings (SSSR count). The van der Waals surface area contributed by atoms with Crippen molar-refractivity contribution in [1.82, 2.24) is 4.90 Å². The number of aliphatic hydroxyl groups excluding tert-OH is 1. The molecular weight excluding hydrogens is 322 g/mol. The zero-order chi connectivity index (χ0) is 19.3. The fraction of sp³-hybridized carbons (Fsp3) is 0.895. The highest BCUT2D eigenvalue weighted by Gasteiger charge is 2.27. The predicted molar refractivity (Wildman–Crippen MR) is 98.7 cm³/mol. The van der Waals surface area contributed by atoms with E-state index in [1.165, 1.54) is 0 Å². The number of carbonyl (C=O) groups is 2. The number of rotatable bonds is 13. The number of hydrogen-bond acceptors (Lipinski definition) is 4. The quantitative estimate of drug-likeness (QED) is 0.481. The summed E-state index contributed by atoms with van der Waals surface area (Å²) in [5, 5.41) is 17.9. The summed E-state index contributed by atoms with van der Waals surface area (Å²) in [7, 11) is 0. The van der Waals surface area contributed by atoms with Crippen LogP contribution in [0.4, 0.5) is 4.79 Å².